The van der Waals surface area contributed by atoms with Gasteiger partial charge in [-0.3, -0.25) is 9.69 Å². The molecule has 0 amide bonds. The van der Waals surface area contributed by atoms with E-state index in [0.717, 1.165) is 35.5 Å². The van der Waals surface area contributed by atoms with E-state index in [9.17, 15) is 4.39 Å². The molecule has 1 aliphatic rings. The normalized spacial score (nSPS) is 19.0. The van der Waals surface area contributed by atoms with Crippen LogP contribution in [0.25, 0.3) is 11.8 Å². The molecule has 0 aromatic carbocycles. The summed E-state index contributed by atoms with van der Waals surface area (Å²) in [7, 11) is 0. The van der Waals surface area contributed by atoms with Gasteiger partial charge in [-0.1, -0.05) is 66.7 Å². The highest BCUT2D eigenvalue weighted by atomic mass is 32.1. The highest BCUT2D eigenvalue weighted by Gasteiger charge is 2.34. The number of rotatable bonds is 9. The number of nitrogens with two attached hydrogens (primary N) is 1. The van der Waals surface area contributed by atoms with Crippen LogP contribution in [0, 0.1) is 11.3 Å². The Labute approximate surface area is 210 Å². The van der Waals surface area contributed by atoms with E-state index in [-0.39, 0.29) is 11.9 Å². The van der Waals surface area contributed by atoms with Gasteiger partial charge in [-0.2, -0.15) is 0 Å². The lowest BCUT2D eigenvalue weighted by Gasteiger charge is -2.41. The number of alkyl halides is 1. The van der Waals surface area contributed by atoms with E-state index in [2.05, 4.69) is 68.1 Å². The van der Waals surface area contributed by atoms with Crippen LogP contribution >= 0.6 is 11.3 Å². The average Bonchev–Trinajstić information content (AvgIpc) is 3.26. The third-order valence-corrected chi connectivity index (χ3v) is 6.55. The van der Waals surface area contributed by atoms with Gasteiger partial charge < -0.3 is 16.2 Å². The minimum Gasteiger partial charge on any atom is -0.483 e. The Morgan fingerprint density at radius 3 is 2.59 bits per heavy atom. The third kappa shape index (κ3) is 12.0. The summed E-state index contributed by atoms with van der Waals surface area (Å²) in [6, 6.07) is 2.12. The Kier molecular flexibility index (Phi) is 16.5. The summed E-state index contributed by atoms with van der Waals surface area (Å²) >= 11 is 1.68. The largest absolute Gasteiger partial charge is 0.483 e. The summed E-state index contributed by atoms with van der Waals surface area (Å²) in [5.74, 6) is 0.358. The second-order valence-corrected chi connectivity index (χ2v) is 10.1. The molecule has 34 heavy (non-hydrogen) atoms. The molecule has 1 aromatic rings. The highest BCUT2D eigenvalue weighted by molar-refractivity contribution is 7.11. The quantitative estimate of drug-likeness (QED) is 0.346. The fourth-order valence-corrected chi connectivity index (χ4v) is 4.49. The second kappa shape index (κ2) is 17.5. The van der Waals surface area contributed by atoms with Crippen molar-refractivity contribution in [2.75, 3.05) is 26.2 Å². The summed E-state index contributed by atoms with van der Waals surface area (Å²) in [5.41, 5.74) is 9.23. The maximum atomic E-state index is 14.3. The lowest BCUT2D eigenvalue weighted by molar-refractivity contribution is -0.122. The number of carboxylic acid groups (broad SMARTS) is 1. The zero-order valence-electron chi connectivity index (χ0n) is 21.9. The standard InChI is InChI=1S/C24H38FN3S.C2H6.CH2O2/c1-6-7-8-9-20-10-11-29-23(20)18(2)27-14-19(13-26)15-28-16-21(24(3,4)5)12-22(25)17-28;1-2;2-1-3/h8-11,14,21-22,27H,2,6-7,12-13,15-17,26H2,1,3-5H3;1-2H3;1H,(H,2,3)/b9-8-,19-14+;;. The molecule has 1 aliphatic heterocycles. The summed E-state index contributed by atoms with van der Waals surface area (Å²) in [5, 5.41) is 12.3. The molecule has 2 heterocycles. The first kappa shape index (κ1) is 32.0. The van der Waals surface area contributed by atoms with Gasteiger partial charge in [0, 0.05) is 38.1 Å². The molecule has 1 fully saturated rings. The number of nitrogens with one attached hydrogen (secondary N) is 1. The van der Waals surface area contributed by atoms with Crippen LogP contribution in [0.1, 0.15) is 71.2 Å². The van der Waals surface area contributed by atoms with Crippen molar-refractivity contribution in [3.05, 3.63) is 46.3 Å². The number of allylic oxidation sites excluding steroid dienone is 1. The first-order valence-electron chi connectivity index (χ1n) is 12.2. The van der Waals surface area contributed by atoms with Gasteiger partial charge in [0.1, 0.15) is 6.17 Å². The molecule has 5 nitrogen and oxygen atoms in total. The number of piperidine rings is 1. The zero-order valence-corrected chi connectivity index (χ0v) is 22.8. The van der Waals surface area contributed by atoms with Crippen molar-refractivity contribution in [2.24, 2.45) is 17.1 Å². The molecule has 4 N–H and O–H groups in total. The fraction of sp³-hybridized carbons (Fsp3) is 0.593. The van der Waals surface area contributed by atoms with E-state index >= 15 is 0 Å². The van der Waals surface area contributed by atoms with Crippen molar-refractivity contribution in [3.8, 4) is 0 Å². The van der Waals surface area contributed by atoms with Crippen LogP contribution in [0.3, 0.4) is 0 Å². The Balaban J connectivity index is 0.00000201. The number of hydrogen-bond acceptors (Lipinski definition) is 5. The first-order valence-corrected chi connectivity index (χ1v) is 13.1. The maximum Gasteiger partial charge on any atom is 0.290 e. The molecule has 0 saturated carbocycles. The van der Waals surface area contributed by atoms with Crippen LogP contribution in [-0.2, 0) is 4.79 Å². The Morgan fingerprint density at radius 1 is 1.38 bits per heavy atom. The number of nitrogens with zero attached hydrogens (tertiary/aromatic N) is 1. The number of hydrogen-bond donors (Lipinski definition) is 3. The molecule has 2 atom stereocenters. The van der Waals surface area contributed by atoms with Gasteiger partial charge in [-0.05, 0) is 46.8 Å². The molecule has 194 valence electrons. The summed E-state index contributed by atoms with van der Waals surface area (Å²) in [6.07, 6.45) is 8.43. The van der Waals surface area contributed by atoms with E-state index < -0.39 is 6.17 Å². The Hall–Kier alpha value is -1.96. The Bertz CT molecular complexity index is 768. The Morgan fingerprint density at radius 2 is 2.03 bits per heavy atom. The monoisotopic (exact) mass is 495 g/mol. The lowest BCUT2D eigenvalue weighted by Crippen LogP contribution is -2.46. The van der Waals surface area contributed by atoms with Gasteiger partial charge in [-0.25, -0.2) is 4.39 Å². The number of likely N-dealkylation sites (tertiary alicyclic amines) is 1. The lowest BCUT2D eigenvalue weighted by atomic mass is 9.76. The predicted molar refractivity (Wildman–Crippen MR) is 147 cm³/mol. The number of halogens is 1. The van der Waals surface area contributed by atoms with Crippen molar-refractivity contribution in [2.45, 2.75) is 67.0 Å². The number of carbonyl (C=O) groups is 1. The van der Waals surface area contributed by atoms with Gasteiger partial charge in [-0.15, -0.1) is 11.3 Å². The molecule has 0 bridgehead atoms. The van der Waals surface area contributed by atoms with Crippen LogP contribution in [0.4, 0.5) is 4.39 Å². The molecule has 1 aromatic heterocycles. The van der Waals surface area contributed by atoms with Gasteiger partial charge in [0.15, 0.2) is 0 Å². The van der Waals surface area contributed by atoms with Gasteiger partial charge in [0.2, 0.25) is 0 Å². The fourth-order valence-electron chi connectivity index (χ4n) is 3.66. The molecule has 2 rings (SSSR count). The van der Waals surface area contributed by atoms with E-state index in [1.54, 1.807) is 11.3 Å². The van der Waals surface area contributed by atoms with Crippen LogP contribution in [0.2, 0.25) is 0 Å². The number of thiophene rings is 1. The predicted octanol–water partition coefficient (Wildman–Crippen LogP) is 6.40. The van der Waals surface area contributed by atoms with Crippen molar-refractivity contribution in [1.29, 1.82) is 0 Å². The highest BCUT2D eigenvalue weighted by Crippen LogP contribution is 2.34. The van der Waals surface area contributed by atoms with Gasteiger partial charge >= 0.3 is 0 Å². The SMILES string of the molecule is C=C(N/C=C(\CN)CN1CC(F)CC(C(C)(C)C)C1)c1sccc1/C=C\CCC.CC.O=CO. The minimum atomic E-state index is -0.765. The zero-order chi connectivity index (χ0) is 26.1. The van der Waals surface area contributed by atoms with Crippen LogP contribution in [0.15, 0.2) is 35.9 Å². The van der Waals surface area contributed by atoms with Gasteiger partial charge in [0.05, 0.1) is 4.88 Å². The van der Waals surface area contributed by atoms with Crippen molar-refractivity contribution >= 4 is 29.6 Å². The van der Waals surface area contributed by atoms with E-state index in [4.69, 9.17) is 15.6 Å². The summed E-state index contributed by atoms with van der Waals surface area (Å²) < 4.78 is 14.3. The molecule has 7 heteroatoms. The molecule has 0 radical (unpaired) electrons. The summed E-state index contributed by atoms with van der Waals surface area (Å²) in [6.45, 7) is 19.3. The third-order valence-electron chi connectivity index (χ3n) is 5.56. The van der Waals surface area contributed by atoms with Crippen LogP contribution < -0.4 is 11.1 Å². The smallest absolute Gasteiger partial charge is 0.290 e. The topological polar surface area (TPSA) is 78.6 Å². The van der Waals surface area contributed by atoms with Crippen molar-refractivity contribution < 1.29 is 14.3 Å². The van der Waals surface area contributed by atoms with E-state index in [1.807, 2.05) is 20.0 Å². The summed E-state index contributed by atoms with van der Waals surface area (Å²) in [4.78, 5) is 11.7. The van der Waals surface area contributed by atoms with Gasteiger partial charge in [0.25, 0.3) is 6.47 Å². The molecule has 0 aliphatic carbocycles. The average molecular weight is 496 g/mol. The molecule has 2 unspecified atom stereocenters. The molecular formula is C27H46FN3O2S. The second-order valence-electron chi connectivity index (χ2n) is 9.22. The molecule has 1 saturated heterocycles. The molecular weight excluding hydrogens is 449 g/mol. The van der Waals surface area contributed by atoms with Crippen LogP contribution in [-0.4, -0.2) is 48.8 Å². The first-order chi connectivity index (χ1) is 16.2. The molecule has 0 spiro atoms. The maximum absolute atomic E-state index is 14.3. The number of unbranched alkanes of at least 4 members (excludes halogenated alkanes) is 1. The van der Waals surface area contributed by atoms with Crippen molar-refractivity contribution in [1.82, 2.24) is 10.2 Å². The minimum absolute atomic E-state index is 0.114. The van der Waals surface area contributed by atoms with Crippen molar-refractivity contribution in [3.63, 3.8) is 0 Å². The van der Waals surface area contributed by atoms with E-state index in [1.165, 1.54) is 5.56 Å². The van der Waals surface area contributed by atoms with E-state index in [0.29, 0.717) is 32.0 Å². The van der Waals surface area contributed by atoms with Crippen LogP contribution in [0.5, 0.6) is 0 Å².